The quantitative estimate of drug-likeness (QED) is 0.558. The van der Waals surface area contributed by atoms with Crippen molar-refractivity contribution in [2.24, 2.45) is 0 Å². The lowest BCUT2D eigenvalue weighted by molar-refractivity contribution is -0.137. The van der Waals surface area contributed by atoms with Crippen LogP contribution in [0.4, 0.5) is 0 Å². The van der Waals surface area contributed by atoms with Crippen LogP contribution in [0.1, 0.15) is 72.1 Å². The first-order valence-corrected chi connectivity index (χ1v) is 9.23. The number of fused-ring (bicyclic) bond motifs is 1. The first kappa shape index (κ1) is 21.4. The van der Waals surface area contributed by atoms with Gasteiger partial charge >= 0.3 is 23.9 Å². The predicted molar refractivity (Wildman–Crippen MR) is 97.3 cm³/mol. The normalized spacial score (nSPS) is 16.1. The van der Waals surface area contributed by atoms with E-state index in [0.29, 0.717) is 12.8 Å². The van der Waals surface area contributed by atoms with Crippen LogP contribution in [0, 0.1) is 0 Å². The van der Waals surface area contributed by atoms with E-state index < -0.39 is 23.9 Å². The summed E-state index contributed by atoms with van der Waals surface area (Å²) in [5.74, 6) is -3.41. The molecule has 0 fully saturated rings. The van der Waals surface area contributed by atoms with Crippen LogP contribution >= 0.6 is 0 Å². The lowest BCUT2D eigenvalue weighted by Crippen LogP contribution is -2.18. The van der Waals surface area contributed by atoms with Crippen LogP contribution in [0.15, 0.2) is 12.1 Å². The highest BCUT2D eigenvalue weighted by Crippen LogP contribution is 2.37. The largest absolute Gasteiger partial charge is 0.465 e. The summed E-state index contributed by atoms with van der Waals surface area (Å²) in [6.45, 7) is 0. The van der Waals surface area contributed by atoms with Gasteiger partial charge in [0.2, 0.25) is 0 Å². The van der Waals surface area contributed by atoms with Gasteiger partial charge in [-0.1, -0.05) is 25.7 Å². The molecule has 1 heterocycles. The Morgan fingerprint density at radius 3 is 1.43 bits per heavy atom. The van der Waals surface area contributed by atoms with Gasteiger partial charge in [-0.25, -0.2) is 9.59 Å². The third-order valence-corrected chi connectivity index (χ3v) is 4.37. The monoisotopic (exact) mass is 392 g/mol. The average molecular weight is 392 g/mol. The lowest BCUT2D eigenvalue weighted by Gasteiger charge is -2.17. The molecule has 1 aliphatic rings. The Balaban J connectivity index is 2.54. The van der Waals surface area contributed by atoms with Crippen molar-refractivity contribution < 1.29 is 38.1 Å². The van der Waals surface area contributed by atoms with Crippen LogP contribution < -0.4 is 9.47 Å². The van der Waals surface area contributed by atoms with E-state index in [1.54, 1.807) is 0 Å². The van der Waals surface area contributed by atoms with E-state index in [2.05, 4.69) is 0 Å². The van der Waals surface area contributed by atoms with Gasteiger partial charge in [-0.2, -0.15) is 0 Å². The third-order valence-electron chi connectivity index (χ3n) is 4.37. The van der Waals surface area contributed by atoms with Gasteiger partial charge in [0, 0.05) is 12.8 Å². The molecule has 152 valence electrons. The first-order valence-electron chi connectivity index (χ1n) is 9.23. The topological polar surface area (TPSA) is 105 Å². The maximum Gasteiger partial charge on any atom is 0.341 e. The van der Waals surface area contributed by atoms with E-state index in [1.807, 2.05) is 0 Å². The zero-order chi connectivity index (χ0) is 20.5. The maximum atomic E-state index is 12.3. The van der Waals surface area contributed by atoms with Gasteiger partial charge in [-0.3, -0.25) is 9.59 Å². The van der Waals surface area contributed by atoms with Gasteiger partial charge in [0.25, 0.3) is 0 Å². The zero-order valence-electron chi connectivity index (χ0n) is 16.1. The van der Waals surface area contributed by atoms with Crippen molar-refractivity contribution in [1.82, 2.24) is 0 Å². The molecule has 0 saturated carbocycles. The number of benzene rings is 1. The standard InChI is InChI=1S/C20H24O8/c1-25-19(23)13-11-12-14(20(24)26-2)18-17(13)27-15(21)9-7-5-3-4-6-8-10-16(22)28-18/h11-12H,3-10H2,1-2H3. The summed E-state index contributed by atoms with van der Waals surface area (Å²) in [7, 11) is 2.33. The molecule has 28 heavy (non-hydrogen) atoms. The Morgan fingerprint density at radius 1 is 0.714 bits per heavy atom. The first-order chi connectivity index (χ1) is 13.5. The Morgan fingerprint density at radius 2 is 1.07 bits per heavy atom. The molecule has 1 aliphatic heterocycles. The molecule has 8 nitrogen and oxygen atoms in total. The SMILES string of the molecule is COC(=O)c1ccc(C(=O)OC)c2c1OC(=O)CCCCCCCCC(=O)O2. The molecule has 0 bridgehead atoms. The summed E-state index contributed by atoms with van der Waals surface area (Å²) < 4.78 is 20.1. The average Bonchev–Trinajstić information content (AvgIpc) is 2.69. The van der Waals surface area contributed by atoms with Crippen LogP contribution in [0.2, 0.25) is 0 Å². The second kappa shape index (κ2) is 10.4. The van der Waals surface area contributed by atoms with Crippen LogP contribution in [0.25, 0.3) is 0 Å². The summed E-state index contributed by atoms with van der Waals surface area (Å²) in [6, 6.07) is 2.53. The van der Waals surface area contributed by atoms with Crippen molar-refractivity contribution in [2.45, 2.75) is 51.4 Å². The number of hydrogen-bond acceptors (Lipinski definition) is 8. The van der Waals surface area contributed by atoms with Crippen molar-refractivity contribution in [2.75, 3.05) is 14.2 Å². The van der Waals surface area contributed by atoms with E-state index in [1.165, 1.54) is 26.4 Å². The van der Waals surface area contributed by atoms with Crippen LogP contribution in [-0.2, 0) is 19.1 Å². The molecule has 0 saturated heterocycles. The van der Waals surface area contributed by atoms with Crippen LogP contribution in [-0.4, -0.2) is 38.1 Å². The van der Waals surface area contributed by atoms with Crippen LogP contribution in [0.5, 0.6) is 11.5 Å². The van der Waals surface area contributed by atoms with Gasteiger partial charge in [0.1, 0.15) is 11.1 Å². The Labute approximate surface area is 163 Å². The fraction of sp³-hybridized carbons (Fsp3) is 0.500. The number of methoxy groups -OCH3 is 2. The van der Waals surface area contributed by atoms with Gasteiger partial charge in [0.15, 0.2) is 11.5 Å². The van der Waals surface area contributed by atoms with Crippen molar-refractivity contribution in [3.63, 3.8) is 0 Å². The number of ether oxygens (including phenoxy) is 4. The predicted octanol–water partition coefficient (Wildman–Crippen LogP) is 3.21. The molecule has 0 atom stereocenters. The van der Waals surface area contributed by atoms with Gasteiger partial charge < -0.3 is 18.9 Å². The minimum atomic E-state index is -0.794. The summed E-state index contributed by atoms with van der Waals surface area (Å²) >= 11 is 0. The molecule has 0 aromatic heterocycles. The highest BCUT2D eigenvalue weighted by Gasteiger charge is 2.28. The van der Waals surface area contributed by atoms with E-state index in [-0.39, 0.29) is 35.5 Å². The smallest absolute Gasteiger partial charge is 0.341 e. The van der Waals surface area contributed by atoms with E-state index in [0.717, 1.165) is 25.7 Å². The number of carbonyl (C=O) groups is 4. The molecular formula is C20H24O8. The summed E-state index contributed by atoms with van der Waals surface area (Å²) in [5.41, 5.74) is -0.253. The van der Waals surface area contributed by atoms with Crippen molar-refractivity contribution in [3.05, 3.63) is 23.3 Å². The van der Waals surface area contributed by atoms with Gasteiger partial charge in [-0.05, 0) is 25.0 Å². The fourth-order valence-electron chi connectivity index (χ4n) is 2.88. The molecule has 0 aliphatic carbocycles. The summed E-state index contributed by atoms with van der Waals surface area (Å²) in [4.78, 5) is 48.8. The summed E-state index contributed by atoms with van der Waals surface area (Å²) in [6.07, 6.45) is 5.18. The van der Waals surface area contributed by atoms with E-state index in [4.69, 9.17) is 18.9 Å². The molecule has 0 radical (unpaired) electrons. The zero-order valence-corrected chi connectivity index (χ0v) is 16.1. The minimum absolute atomic E-state index is 0.126. The number of carbonyl (C=O) groups excluding carboxylic acids is 4. The number of hydrogen-bond donors (Lipinski definition) is 0. The molecule has 1 aromatic rings. The Hall–Kier alpha value is -2.90. The molecule has 2 rings (SSSR count). The van der Waals surface area contributed by atoms with Crippen molar-refractivity contribution >= 4 is 23.9 Å². The minimum Gasteiger partial charge on any atom is -0.465 e. The molecular weight excluding hydrogens is 368 g/mol. The molecule has 0 amide bonds. The van der Waals surface area contributed by atoms with E-state index >= 15 is 0 Å². The Kier molecular flexibility index (Phi) is 7.98. The van der Waals surface area contributed by atoms with Gasteiger partial charge in [0.05, 0.1) is 14.2 Å². The highest BCUT2D eigenvalue weighted by atomic mass is 16.6. The lowest BCUT2D eigenvalue weighted by atomic mass is 10.1. The molecule has 1 aromatic carbocycles. The molecule has 0 unspecified atom stereocenters. The second-order valence-electron chi connectivity index (χ2n) is 6.37. The number of rotatable bonds is 2. The second-order valence-corrected chi connectivity index (χ2v) is 6.37. The fourth-order valence-corrected chi connectivity index (χ4v) is 2.88. The van der Waals surface area contributed by atoms with Crippen LogP contribution in [0.3, 0.4) is 0 Å². The highest BCUT2D eigenvalue weighted by molar-refractivity contribution is 6.01. The number of esters is 4. The maximum absolute atomic E-state index is 12.3. The molecule has 0 N–H and O–H groups in total. The molecule has 0 spiro atoms. The van der Waals surface area contributed by atoms with Crippen molar-refractivity contribution in [3.8, 4) is 11.5 Å². The van der Waals surface area contributed by atoms with E-state index in [9.17, 15) is 19.2 Å². The van der Waals surface area contributed by atoms with Crippen molar-refractivity contribution in [1.29, 1.82) is 0 Å². The molecule has 8 heteroatoms. The van der Waals surface area contributed by atoms with Gasteiger partial charge in [-0.15, -0.1) is 0 Å². The third kappa shape index (κ3) is 5.55. The Bertz CT molecular complexity index is 690. The summed E-state index contributed by atoms with van der Waals surface area (Å²) in [5, 5.41) is 0.